The molecule has 0 spiro atoms. The molecule has 0 bridgehead atoms. The fourth-order valence-electron chi connectivity index (χ4n) is 5.60. The van der Waals surface area contributed by atoms with Crippen molar-refractivity contribution in [2.75, 3.05) is 0 Å². The van der Waals surface area contributed by atoms with Crippen LogP contribution in [0, 0.1) is 0 Å². The molecule has 3 aromatic rings. The maximum Gasteiger partial charge on any atom is 0.251 e. The van der Waals surface area contributed by atoms with Crippen LogP contribution >= 0.6 is 0 Å². The summed E-state index contributed by atoms with van der Waals surface area (Å²) in [5, 5.41) is 22.4. The first-order chi connectivity index (χ1) is 16.6. The van der Waals surface area contributed by atoms with Crippen molar-refractivity contribution < 1.29 is 9.90 Å². The molecular weight excluding hydrogens is 422 g/mol. The van der Waals surface area contributed by atoms with Gasteiger partial charge in [0.05, 0.1) is 11.4 Å². The summed E-state index contributed by atoms with van der Waals surface area (Å²) < 4.78 is 0. The van der Waals surface area contributed by atoms with Gasteiger partial charge in [-0.3, -0.25) is 9.89 Å². The minimum absolute atomic E-state index is 0.00782. The van der Waals surface area contributed by atoms with Crippen LogP contribution < -0.4 is 5.32 Å². The Labute approximate surface area is 199 Å². The van der Waals surface area contributed by atoms with E-state index in [1.54, 1.807) is 0 Å². The van der Waals surface area contributed by atoms with Crippen LogP contribution in [-0.4, -0.2) is 27.3 Å². The van der Waals surface area contributed by atoms with Crippen LogP contribution in [0.1, 0.15) is 71.3 Å². The van der Waals surface area contributed by atoms with Crippen molar-refractivity contribution in [3.05, 3.63) is 94.7 Å². The van der Waals surface area contributed by atoms with Gasteiger partial charge in [0.2, 0.25) is 0 Å². The van der Waals surface area contributed by atoms with Crippen molar-refractivity contribution in [3.8, 4) is 11.3 Å². The number of fused-ring (bicyclic) bond motifs is 3. The van der Waals surface area contributed by atoms with Gasteiger partial charge >= 0.3 is 0 Å². The predicted molar refractivity (Wildman–Crippen MR) is 133 cm³/mol. The summed E-state index contributed by atoms with van der Waals surface area (Å²) in [4.78, 5) is 12.8. The zero-order valence-corrected chi connectivity index (χ0v) is 19.2. The Bertz CT molecular complexity index is 1300. The highest BCUT2D eigenvalue weighted by molar-refractivity contribution is 5.95. The molecule has 34 heavy (non-hydrogen) atoms. The molecule has 5 heteroatoms. The molecule has 1 heterocycles. The van der Waals surface area contributed by atoms with E-state index in [-0.39, 0.29) is 11.9 Å². The number of hydrogen-bond donors (Lipinski definition) is 3. The topological polar surface area (TPSA) is 78.0 Å². The molecule has 1 fully saturated rings. The summed E-state index contributed by atoms with van der Waals surface area (Å²) in [5.41, 5.74) is 6.59. The highest BCUT2D eigenvalue weighted by Crippen LogP contribution is 2.43. The second-order valence-electron chi connectivity index (χ2n) is 9.77. The number of H-pyrrole nitrogens is 1. The van der Waals surface area contributed by atoms with Gasteiger partial charge in [-0.2, -0.15) is 5.10 Å². The number of aliphatic hydroxyl groups is 1. The van der Waals surface area contributed by atoms with Crippen molar-refractivity contribution in [2.45, 2.75) is 56.6 Å². The summed E-state index contributed by atoms with van der Waals surface area (Å²) in [6, 6.07) is 16.4. The number of allylic oxidation sites excluding steroid dienone is 2. The molecule has 0 aliphatic heterocycles. The lowest BCUT2D eigenvalue weighted by molar-refractivity contribution is 0.0863. The molecule has 2 aromatic carbocycles. The van der Waals surface area contributed by atoms with E-state index in [9.17, 15) is 9.90 Å². The first-order valence-electron chi connectivity index (χ1n) is 12.3. The Morgan fingerprint density at radius 2 is 1.91 bits per heavy atom. The van der Waals surface area contributed by atoms with Gasteiger partial charge in [0.1, 0.15) is 5.60 Å². The number of hydrogen-bond acceptors (Lipinski definition) is 3. The van der Waals surface area contributed by atoms with Crippen LogP contribution in [0.15, 0.2) is 66.8 Å². The summed E-state index contributed by atoms with van der Waals surface area (Å²) >= 11 is 0. The summed E-state index contributed by atoms with van der Waals surface area (Å²) in [7, 11) is 0. The Hall–Kier alpha value is -3.44. The lowest BCUT2D eigenvalue weighted by Crippen LogP contribution is -2.36. The molecule has 3 aliphatic rings. The average Bonchev–Trinajstić information content (AvgIpc) is 3.45. The lowest BCUT2D eigenvalue weighted by Gasteiger charge is -2.26. The third kappa shape index (κ3) is 3.70. The fourth-order valence-corrected chi connectivity index (χ4v) is 5.60. The number of nitrogens with one attached hydrogen (secondary N) is 2. The third-order valence-electron chi connectivity index (χ3n) is 7.51. The number of rotatable bonds is 4. The van der Waals surface area contributed by atoms with Crippen molar-refractivity contribution in [1.82, 2.24) is 15.5 Å². The van der Waals surface area contributed by atoms with Gasteiger partial charge in [-0.15, -0.1) is 0 Å². The fraction of sp³-hybridized carbons (Fsp3) is 0.310. The van der Waals surface area contributed by atoms with E-state index in [1.165, 1.54) is 19.3 Å². The van der Waals surface area contributed by atoms with Crippen LogP contribution in [0.4, 0.5) is 0 Å². The Morgan fingerprint density at radius 3 is 2.68 bits per heavy atom. The van der Waals surface area contributed by atoms with Crippen molar-refractivity contribution in [2.24, 2.45) is 0 Å². The molecule has 3 N–H and O–H groups in total. The molecule has 1 atom stereocenters. The first kappa shape index (κ1) is 21.1. The van der Waals surface area contributed by atoms with Crippen LogP contribution in [-0.2, 0) is 12.0 Å². The van der Waals surface area contributed by atoms with Gasteiger partial charge in [0.25, 0.3) is 5.91 Å². The van der Waals surface area contributed by atoms with E-state index >= 15 is 0 Å². The van der Waals surface area contributed by atoms with E-state index in [2.05, 4.69) is 33.7 Å². The number of benzene rings is 2. The monoisotopic (exact) mass is 451 g/mol. The molecule has 0 saturated heterocycles. The Kier molecular flexibility index (Phi) is 5.22. The molecule has 1 amide bonds. The van der Waals surface area contributed by atoms with Crippen LogP contribution in [0.25, 0.3) is 16.8 Å². The smallest absolute Gasteiger partial charge is 0.251 e. The van der Waals surface area contributed by atoms with E-state index < -0.39 is 5.60 Å². The zero-order chi connectivity index (χ0) is 23.1. The quantitative estimate of drug-likeness (QED) is 0.395. The molecule has 6 rings (SSSR count). The molecule has 1 aromatic heterocycles. The van der Waals surface area contributed by atoms with Crippen molar-refractivity contribution in [1.29, 1.82) is 0 Å². The molecule has 5 nitrogen and oxygen atoms in total. The van der Waals surface area contributed by atoms with E-state index in [0.29, 0.717) is 18.4 Å². The van der Waals surface area contributed by atoms with Gasteiger partial charge in [0, 0.05) is 35.6 Å². The summed E-state index contributed by atoms with van der Waals surface area (Å²) in [6.45, 7) is 0. The molecule has 172 valence electrons. The average molecular weight is 452 g/mol. The van der Waals surface area contributed by atoms with Gasteiger partial charge in [-0.25, -0.2) is 0 Å². The minimum atomic E-state index is -1.12. The second-order valence-corrected chi connectivity index (χ2v) is 9.77. The largest absolute Gasteiger partial charge is 0.379 e. The Morgan fingerprint density at radius 1 is 1.09 bits per heavy atom. The number of amides is 1. The lowest BCUT2D eigenvalue weighted by atomic mass is 9.85. The maximum atomic E-state index is 12.8. The standard InChI is InChI=1S/C29H29N3O2/c33-28(30-23-9-5-2-6-10-23)21-11-12-24-22(17-21)18-25-26(24)31-32-27(25)29(34)15-13-20(14-16-29)19-7-3-1-4-8-19/h1,3-4,7-8,11-15,17,23,34H,2,5-6,9-10,16,18H2,(H,30,33)(H,31,32). The number of nitrogens with zero attached hydrogens (tertiary/aromatic N) is 1. The summed E-state index contributed by atoms with van der Waals surface area (Å²) in [5.74, 6) is 0.00782. The molecule has 1 unspecified atom stereocenters. The zero-order valence-electron chi connectivity index (χ0n) is 19.2. The molecule has 0 radical (unpaired) electrons. The molecular formula is C29H29N3O2. The van der Waals surface area contributed by atoms with Crippen molar-refractivity contribution in [3.63, 3.8) is 0 Å². The highest BCUT2D eigenvalue weighted by Gasteiger charge is 2.36. The first-order valence-corrected chi connectivity index (χ1v) is 12.3. The van der Waals surface area contributed by atoms with Crippen LogP contribution in [0.5, 0.6) is 0 Å². The SMILES string of the molecule is O=C(NC1CCCCC1)c1ccc2c(c1)Cc1c-2n[nH]c1C1(O)C=CC(c2ccccc2)=CC1. The predicted octanol–water partition coefficient (Wildman–Crippen LogP) is 5.27. The maximum absolute atomic E-state index is 12.8. The van der Waals surface area contributed by atoms with E-state index in [0.717, 1.165) is 52.1 Å². The number of carbonyl (C=O) groups excluding carboxylic acids is 1. The minimum Gasteiger partial charge on any atom is -0.379 e. The van der Waals surface area contributed by atoms with Gasteiger partial charge in [-0.05, 0) is 47.8 Å². The van der Waals surface area contributed by atoms with Crippen molar-refractivity contribution >= 4 is 11.5 Å². The van der Waals surface area contributed by atoms with E-state index in [1.807, 2.05) is 48.6 Å². The number of aromatic nitrogens is 2. The molecule has 3 aliphatic carbocycles. The van der Waals surface area contributed by atoms with E-state index in [4.69, 9.17) is 0 Å². The van der Waals surface area contributed by atoms with Crippen LogP contribution in [0.2, 0.25) is 0 Å². The number of carbonyl (C=O) groups is 1. The number of aromatic amines is 1. The highest BCUT2D eigenvalue weighted by atomic mass is 16.3. The molecule has 1 saturated carbocycles. The van der Waals surface area contributed by atoms with Gasteiger partial charge in [-0.1, -0.05) is 67.8 Å². The van der Waals surface area contributed by atoms with Gasteiger partial charge < -0.3 is 10.4 Å². The second kappa shape index (κ2) is 8.41. The third-order valence-corrected chi connectivity index (χ3v) is 7.51. The van der Waals surface area contributed by atoms with Gasteiger partial charge in [0.15, 0.2) is 0 Å². The summed E-state index contributed by atoms with van der Waals surface area (Å²) in [6.07, 6.45) is 12.9. The normalized spacial score (nSPS) is 21.6. The van der Waals surface area contributed by atoms with Crippen LogP contribution in [0.3, 0.4) is 0 Å². The Balaban J connectivity index is 1.22.